The number of nitrogen functional groups attached to an aromatic ring is 1. The van der Waals surface area contributed by atoms with E-state index in [1.807, 2.05) is 12.3 Å². The van der Waals surface area contributed by atoms with E-state index in [0.29, 0.717) is 17.3 Å². The van der Waals surface area contributed by atoms with E-state index in [1.165, 1.54) is 25.0 Å². The normalized spacial score (nSPS) is 15.3. The average Bonchev–Trinajstić information content (AvgIpc) is 3.01. The third kappa shape index (κ3) is 1.56. The molecule has 1 aromatic heterocycles. The zero-order valence-electron chi connectivity index (χ0n) is 8.73. The Labute approximate surface area is 92.7 Å². The fourth-order valence-electron chi connectivity index (χ4n) is 1.78. The van der Waals surface area contributed by atoms with Gasteiger partial charge < -0.3 is 5.73 Å². The van der Waals surface area contributed by atoms with Crippen molar-refractivity contribution in [3.63, 3.8) is 0 Å². The molecule has 1 aliphatic rings. The number of benzene rings is 1. The van der Waals surface area contributed by atoms with Gasteiger partial charge in [-0.3, -0.25) is 0 Å². The predicted octanol–water partition coefficient (Wildman–Crippen LogP) is 2.47. The van der Waals surface area contributed by atoms with E-state index in [9.17, 15) is 4.39 Å². The minimum Gasteiger partial charge on any atom is -0.397 e. The van der Waals surface area contributed by atoms with Gasteiger partial charge in [-0.25, -0.2) is 9.07 Å². The van der Waals surface area contributed by atoms with Crippen LogP contribution in [0.3, 0.4) is 0 Å². The maximum Gasteiger partial charge on any atom is 0.125 e. The summed E-state index contributed by atoms with van der Waals surface area (Å²) in [5.41, 5.74) is 8.01. The summed E-state index contributed by atoms with van der Waals surface area (Å²) in [6.45, 7) is 0. The van der Waals surface area contributed by atoms with Gasteiger partial charge in [0.15, 0.2) is 0 Å². The van der Waals surface area contributed by atoms with E-state index in [-0.39, 0.29) is 5.82 Å². The minimum absolute atomic E-state index is 0.298. The molecule has 3 rings (SSSR count). The van der Waals surface area contributed by atoms with Gasteiger partial charge in [0.05, 0.1) is 17.1 Å². The van der Waals surface area contributed by atoms with Crippen LogP contribution >= 0.6 is 0 Å². The van der Waals surface area contributed by atoms with E-state index in [1.54, 1.807) is 10.7 Å². The molecule has 0 atom stereocenters. The van der Waals surface area contributed by atoms with E-state index in [4.69, 9.17) is 5.73 Å². The smallest absolute Gasteiger partial charge is 0.125 e. The van der Waals surface area contributed by atoms with E-state index < -0.39 is 0 Å². The molecule has 1 aromatic carbocycles. The molecule has 16 heavy (non-hydrogen) atoms. The molecule has 0 aliphatic heterocycles. The molecule has 1 heterocycles. The van der Waals surface area contributed by atoms with Crippen molar-refractivity contribution in [2.24, 2.45) is 0 Å². The molecule has 0 bridgehead atoms. The van der Waals surface area contributed by atoms with Crippen LogP contribution in [0.2, 0.25) is 0 Å². The molecule has 0 spiro atoms. The van der Waals surface area contributed by atoms with Crippen molar-refractivity contribution in [2.75, 3.05) is 5.73 Å². The second kappa shape index (κ2) is 3.33. The molecule has 2 aromatic rings. The number of halogens is 1. The molecule has 1 aliphatic carbocycles. The summed E-state index contributed by atoms with van der Waals surface area (Å²) in [5.74, 6) is 0.295. The SMILES string of the molecule is Nc1ccc(F)cc1-n1ccc(C2CC2)n1. The van der Waals surface area contributed by atoms with Gasteiger partial charge in [0.25, 0.3) is 0 Å². The lowest BCUT2D eigenvalue weighted by Crippen LogP contribution is -2.01. The van der Waals surface area contributed by atoms with Crippen molar-refractivity contribution < 1.29 is 4.39 Å². The van der Waals surface area contributed by atoms with Gasteiger partial charge in [0, 0.05) is 18.2 Å². The number of hydrogen-bond donors (Lipinski definition) is 1. The second-order valence-corrected chi connectivity index (χ2v) is 4.16. The molecule has 1 fully saturated rings. The van der Waals surface area contributed by atoms with Crippen molar-refractivity contribution >= 4 is 5.69 Å². The summed E-state index contributed by atoms with van der Waals surface area (Å²) in [6.07, 6.45) is 4.24. The van der Waals surface area contributed by atoms with Crippen LogP contribution in [0.5, 0.6) is 0 Å². The van der Waals surface area contributed by atoms with Gasteiger partial charge in [0.1, 0.15) is 5.82 Å². The highest BCUT2D eigenvalue weighted by molar-refractivity contribution is 5.57. The third-order valence-corrected chi connectivity index (χ3v) is 2.84. The maximum atomic E-state index is 13.1. The molecule has 2 N–H and O–H groups in total. The summed E-state index contributed by atoms with van der Waals surface area (Å²) in [5, 5.41) is 4.41. The number of aromatic nitrogens is 2. The maximum absolute atomic E-state index is 13.1. The zero-order chi connectivity index (χ0) is 11.1. The fraction of sp³-hybridized carbons (Fsp3) is 0.250. The highest BCUT2D eigenvalue weighted by Gasteiger charge is 2.26. The van der Waals surface area contributed by atoms with E-state index in [2.05, 4.69) is 5.10 Å². The first-order valence-corrected chi connectivity index (χ1v) is 5.35. The van der Waals surface area contributed by atoms with Crippen molar-refractivity contribution in [3.05, 3.63) is 42.0 Å². The summed E-state index contributed by atoms with van der Waals surface area (Å²) in [7, 11) is 0. The zero-order valence-corrected chi connectivity index (χ0v) is 8.73. The highest BCUT2D eigenvalue weighted by Crippen LogP contribution is 2.39. The summed E-state index contributed by atoms with van der Waals surface area (Å²) < 4.78 is 14.8. The third-order valence-electron chi connectivity index (χ3n) is 2.84. The average molecular weight is 217 g/mol. The van der Waals surface area contributed by atoms with Gasteiger partial charge in [-0.05, 0) is 31.0 Å². The molecule has 82 valence electrons. The van der Waals surface area contributed by atoms with Crippen LogP contribution < -0.4 is 5.73 Å². The van der Waals surface area contributed by atoms with Crippen LogP contribution in [0.25, 0.3) is 5.69 Å². The summed E-state index contributed by atoms with van der Waals surface area (Å²) in [6, 6.07) is 6.29. The fourth-order valence-corrected chi connectivity index (χ4v) is 1.78. The van der Waals surface area contributed by atoms with Crippen LogP contribution in [0.1, 0.15) is 24.5 Å². The lowest BCUT2D eigenvalue weighted by Gasteiger charge is -2.05. The lowest BCUT2D eigenvalue weighted by molar-refractivity contribution is 0.625. The first-order chi connectivity index (χ1) is 7.74. The Hall–Kier alpha value is -1.84. The molecule has 0 unspecified atom stereocenters. The highest BCUT2D eigenvalue weighted by atomic mass is 19.1. The van der Waals surface area contributed by atoms with Crippen LogP contribution in [0, 0.1) is 5.82 Å². The minimum atomic E-state index is -0.298. The molecule has 0 saturated heterocycles. The van der Waals surface area contributed by atoms with Gasteiger partial charge >= 0.3 is 0 Å². The Morgan fingerprint density at radius 2 is 2.12 bits per heavy atom. The standard InChI is InChI=1S/C12H12FN3/c13-9-3-4-10(14)12(7-9)16-6-5-11(15-16)8-1-2-8/h3-8H,1-2,14H2. The number of hydrogen-bond acceptors (Lipinski definition) is 2. The first-order valence-electron chi connectivity index (χ1n) is 5.35. The lowest BCUT2D eigenvalue weighted by atomic mass is 10.2. The van der Waals surface area contributed by atoms with Crippen molar-refractivity contribution in [1.29, 1.82) is 0 Å². The Morgan fingerprint density at radius 1 is 1.31 bits per heavy atom. The van der Waals surface area contributed by atoms with E-state index >= 15 is 0 Å². The quantitative estimate of drug-likeness (QED) is 0.785. The summed E-state index contributed by atoms with van der Waals surface area (Å²) >= 11 is 0. The van der Waals surface area contributed by atoms with Crippen molar-refractivity contribution in [1.82, 2.24) is 9.78 Å². The largest absolute Gasteiger partial charge is 0.397 e. The second-order valence-electron chi connectivity index (χ2n) is 4.16. The van der Waals surface area contributed by atoms with Crippen molar-refractivity contribution in [3.8, 4) is 5.69 Å². The molecule has 1 saturated carbocycles. The Morgan fingerprint density at radius 3 is 2.88 bits per heavy atom. The summed E-state index contributed by atoms with van der Waals surface area (Å²) in [4.78, 5) is 0. The monoisotopic (exact) mass is 217 g/mol. The van der Waals surface area contributed by atoms with E-state index in [0.717, 1.165) is 5.69 Å². The number of anilines is 1. The van der Waals surface area contributed by atoms with Crippen molar-refractivity contribution in [2.45, 2.75) is 18.8 Å². The Bertz CT molecular complexity index is 529. The topological polar surface area (TPSA) is 43.8 Å². The van der Waals surface area contributed by atoms with Crippen LogP contribution in [0.15, 0.2) is 30.5 Å². The van der Waals surface area contributed by atoms with Gasteiger partial charge in [-0.2, -0.15) is 5.10 Å². The molecule has 0 radical (unpaired) electrons. The first kappa shape index (κ1) is 9.39. The van der Waals surface area contributed by atoms with Gasteiger partial charge in [-0.1, -0.05) is 0 Å². The number of nitrogens with two attached hydrogens (primary N) is 1. The van der Waals surface area contributed by atoms with Gasteiger partial charge in [-0.15, -0.1) is 0 Å². The molecular weight excluding hydrogens is 205 g/mol. The molecule has 0 amide bonds. The number of nitrogens with zero attached hydrogens (tertiary/aromatic N) is 2. The molecule has 4 heteroatoms. The Kier molecular flexibility index (Phi) is 1.96. The van der Waals surface area contributed by atoms with Crippen LogP contribution in [-0.4, -0.2) is 9.78 Å². The van der Waals surface area contributed by atoms with Crippen LogP contribution in [-0.2, 0) is 0 Å². The number of rotatable bonds is 2. The predicted molar refractivity (Wildman–Crippen MR) is 59.9 cm³/mol. The molecule has 3 nitrogen and oxygen atoms in total. The molecular formula is C12H12FN3. The Balaban J connectivity index is 2.03. The van der Waals surface area contributed by atoms with Crippen LogP contribution in [0.4, 0.5) is 10.1 Å². The van der Waals surface area contributed by atoms with Gasteiger partial charge in [0.2, 0.25) is 0 Å².